The van der Waals surface area contributed by atoms with Gasteiger partial charge in [-0.1, -0.05) is 0 Å². The highest BCUT2D eigenvalue weighted by molar-refractivity contribution is 5.50. The number of anilines is 2. The van der Waals surface area contributed by atoms with Gasteiger partial charge in [-0.15, -0.1) is 0 Å². The van der Waals surface area contributed by atoms with Crippen molar-refractivity contribution in [2.45, 2.75) is 6.42 Å². The summed E-state index contributed by atoms with van der Waals surface area (Å²) in [6, 6.07) is 3.28. The number of nitrogens with one attached hydrogen (secondary N) is 1. The predicted octanol–water partition coefficient (Wildman–Crippen LogP) is 0.895. The molecule has 31 heavy (non-hydrogen) atoms. The summed E-state index contributed by atoms with van der Waals surface area (Å²) >= 11 is 0. The molecule has 1 aliphatic rings. The number of halogens is 2. The SMILES string of the molecule is Cn1c(N2CCN(CCCNc3cc(F)c([N+](=O)[O-])c(F)c3)CC2)cc(=O)n(C)c1=O. The van der Waals surface area contributed by atoms with E-state index in [0.717, 1.165) is 36.3 Å². The molecule has 168 valence electrons. The molecule has 0 unspecified atom stereocenters. The Bertz CT molecular complexity index is 1070. The number of hydrogen-bond acceptors (Lipinski definition) is 7. The van der Waals surface area contributed by atoms with E-state index in [0.29, 0.717) is 31.9 Å². The van der Waals surface area contributed by atoms with Crippen LogP contribution in [0.1, 0.15) is 6.42 Å². The largest absolute Gasteiger partial charge is 0.385 e. The van der Waals surface area contributed by atoms with Crippen molar-refractivity contribution in [1.82, 2.24) is 14.0 Å². The van der Waals surface area contributed by atoms with E-state index in [2.05, 4.69) is 10.2 Å². The van der Waals surface area contributed by atoms with Crippen LogP contribution in [-0.2, 0) is 14.1 Å². The molecule has 1 fully saturated rings. The molecule has 1 aromatic heterocycles. The summed E-state index contributed by atoms with van der Waals surface area (Å²) < 4.78 is 29.9. The molecule has 0 radical (unpaired) electrons. The number of aromatic nitrogens is 2. The lowest BCUT2D eigenvalue weighted by Crippen LogP contribution is -2.49. The van der Waals surface area contributed by atoms with Gasteiger partial charge in [0.25, 0.3) is 5.56 Å². The topological polar surface area (TPSA) is 106 Å². The van der Waals surface area contributed by atoms with Crippen molar-refractivity contribution in [1.29, 1.82) is 0 Å². The molecule has 0 aliphatic carbocycles. The molecule has 0 bridgehead atoms. The second-order valence-corrected chi connectivity index (χ2v) is 7.40. The third-order valence-electron chi connectivity index (χ3n) is 5.38. The van der Waals surface area contributed by atoms with E-state index in [9.17, 15) is 28.5 Å². The van der Waals surface area contributed by atoms with Gasteiger partial charge in [0.15, 0.2) is 0 Å². The summed E-state index contributed by atoms with van der Waals surface area (Å²) in [5.74, 6) is -1.83. The van der Waals surface area contributed by atoms with E-state index in [-0.39, 0.29) is 16.9 Å². The Morgan fingerprint density at radius 1 is 1.03 bits per heavy atom. The molecule has 0 saturated carbocycles. The summed E-state index contributed by atoms with van der Waals surface area (Å²) in [5.41, 5.74) is -1.71. The minimum Gasteiger partial charge on any atom is -0.385 e. The van der Waals surface area contributed by atoms with Gasteiger partial charge in [-0.25, -0.2) is 4.79 Å². The van der Waals surface area contributed by atoms with Gasteiger partial charge < -0.3 is 10.2 Å². The number of piperazine rings is 1. The molecule has 1 aliphatic heterocycles. The van der Waals surface area contributed by atoms with Crippen LogP contribution in [0.4, 0.5) is 26.0 Å². The van der Waals surface area contributed by atoms with Crippen LogP contribution in [0.15, 0.2) is 27.8 Å². The Kier molecular flexibility index (Phi) is 6.68. The van der Waals surface area contributed by atoms with Crippen molar-refractivity contribution in [3.63, 3.8) is 0 Å². The van der Waals surface area contributed by atoms with Crippen LogP contribution in [0.3, 0.4) is 0 Å². The van der Waals surface area contributed by atoms with Gasteiger partial charge in [0.1, 0.15) is 5.82 Å². The molecule has 0 atom stereocenters. The predicted molar refractivity (Wildman–Crippen MR) is 112 cm³/mol. The molecular weight excluding hydrogens is 414 g/mol. The molecule has 1 saturated heterocycles. The zero-order chi connectivity index (χ0) is 22.7. The molecule has 0 spiro atoms. The average molecular weight is 438 g/mol. The normalized spacial score (nSPS) is 14.6. The van der Waals surface area contributed by atoms with E-state index in [1.54, 1.807) is 7.05 Å². The highest BCUT2D eigenvalue weighted by Gasteiger charge is 2.22. The fourth-order valence-corrected chi connectivity index (χ4v) is 3.60. The Morgan fingerprint density at radius 2 is 1.65 bits per heavy atom. The maximum absolute atomic E-state index is 13.7. The summed E-state index contributed by atoms with van der Waals surface area (Å²) in [4.78, 5) is 37.8. The van der Waals surface area contributed by atoms with E-state index in [1.807, 2.05) is 4.90 Å². The first-order valence-corrected chi connectivity index (χ1v) is 9.80. The minimum absolute atomic E-state index is 0.150. The van der Waals surface area contributed by atoms with Crippen molar-refractivity contribution in [3.05, 3.63) is 60.8 Å². The standard InChI is InChI=1S/C19H24F2N6O4/c1-23-16(12-17(28)24(2)19(23)29)26-8-6-25(7-9-26)5-3-4-22-13-10-14(20)18(27(30)31)15(21)11-13/h10-12,22H,3-9H2,1-2H3. The van der Waals surface area contributed by atoms with Gasteiger partial charge in [-0.05, 0) is 13.0 Å². The summed E-state index contributed by atoms with van der Waals surface area (Å²) in [6.07, 6.45) is 0.699. The Morgan fingerprint density at radius 3 is 2.23 bits per heavy atom. The second kappa shape index (κ2) is 9.25. The third-order valence-corrected chi connectivity index (χ3v) is 5.38. The zero-order valence-electron chi connectivity index (χ0n) is 17.3. The quantitative estimate of drug-likeness (QED) is 0.389. The fraction of sp³-hybridized carbons (Fsp3) is 0.474. The molecule has 12 heteroatoms. The van der Waals surface area contributed by atoms with E-state index in [1.165, 1.54) is 17.7 Å². The Balaban J connectivity index is 1.48. The number of hydrogen-bond donors (Lipinski definition) is 1. The van der Waals surface area contributed by atoms with Gasteiger partial charge in [0, 0.05) is 70.7 Å². The van der Waals surface area contributed by atoms with Gasteiger partial charge in [-0.3, -0.25) is 28.9 Å². The fourth-order valence-electron chi connectivity index (χ4n) is 3.60. The second-order valence-electron chi connectivity index (χ2n) is 7.40. The summed E-state index contributed by atoms with van der Waals surface area (Å²) in [6.45, 7) is 3.99. The monoisotopic (exact) mass is 438 g/mol. The van der Waals surface area contributed by atoms with Crippen LogP contribution >= 0.6 is 0 Å². The van der Waals surface area contributed by atoms with E-state index < -0.39 is 22.2 Å². The van der Waals surface area contributed by atoms with Gasteiger partial charge in [0.05, 0.1) is 4.92 Å². The third kappa shape index (κ3) is 4.90. The van der Waals surface area contributed by atoms with Gasteiger partial charge >= 0.3 is 11.4 Å². The lowest BCUT2D eigenvalue weighted by atomic mass is 10.2. The first-order valence-electron chi connectivity index (χ1n) is 9.80. The number of rotatable bonds is 7. The van der Waals surface area contributed by atoms with Crippen LogP contribution < -0.4 is 21.5 Å². The smallest absolute Gasteiger partial charge is 0.340 e. The number of benzene rings is 1. The Hall–Kier alpha value is -3.28. The first-order chi connectivity index (χ1) is 14.7. The number of nitro groups is 1. The highest BCUT2D eigenvalue weighted by atomic mass is 19.1. The van der Waals surface area contributed by atoms with Crippen LogP contribution in [0.2, 0.25) is 0 Å². The molecular formula is C19H24F2N6O4. The van der Waals surface area contributed by atoms with Crippen LogP contribution in [0.25, 0.3) is 0 Å². The molecule has 0 amide bonds. The van der Waals surface area contributed by atoms with Gasteiger partial charge in [-0.2, -0.15) is 8.78 Å². The molecule has 1 N–H and O–H groups in total. The average Bonchev–Trinajstić information content (AvgIpc) is 2.72. The highest BCUT2D eigenvalue weighted by Crippen LogP contribution is 2.25. The van der Waals surface area contributed by atoms with Crippen molar-refractivity contribution in [2.75, 3.05) is 49.5 Å². The molecule has 10 nitrogen and oxygen atoms in total. The zero-order valence-corrected chi connectivity index (χ0v) is 17.3. The number of nitro benzene ring substituents is 1. The van der Waals surface area contributed by atoms with E-state index >= 15 is 0 Å². The number of nitrogens with zero attached hydrogens (tertiary/aromatic N) is 5. The van der Waals surface area contributed by atoms with Crippen molar-refractivity contribution in [3.8, 4) is 0 Å². The molecule has 1 aromatic carbocycles. The minimum atomic E-state index is -1.21. The first kappa shape index (κ1) is 22.4. The van der Waals surface area contributed by atoms with Crippen LogP contribution in [-0.4, -0.2) is 58.2 Å². The molecule has 3 rings (SSSR count). The van der Waals surface area contributed by atoms with Crippen LogP contribution in [0.5, 0.6) is 0 Å². The van der Waals surface area contributed by atoms with Crippen molar-refractivity contribution < 1.29 is 13.7 Å². The van der Waals surface area contributed by atoms with Crippen molar-refractivity contribution >= 4 is 17.2 Å². The molecule has 2 aromatic rings. The molecule has 2 heterocycles. The maximum atomic E-state index is 13.7. The van der Waals surface area contributed by atoms with Crippen LogP contribution in [0, 0.1) is 21.7 Å². The lowest BCUT2D eigenvalue weighted by molar-refractivity contribution is -0.390. The summed E-state index contributed by atoms with van der Waals surface area (Å²) in [5, 5.41) is 13.5. The lowest BCUT2D eigenvalue weighted by Gasteiger charge is -2.36. The van der Waals surface area contributed by atoms with Gasteiger partial charge in [0.2, 0.25) is 11.6 Å². The van der Waals surface area contributed by atoms with E-state index in [4.69, 9.17) is 0 Å². The summed E-state index contributed by atoms with van der Waals surface area (Å²) in [7, 11) is 3.08. The van der Waals surface area contributed by atoms with Crippen molar-refractivity contribution in [2.24, 2.45) is 14.1 Å². The Labute approximate surface area is 176 Å². The maximum Gasteiger partial charge on any atom is 0.340 e.